The summed E-state index contributed by atoms with van der Waals surface area (Å²) in [5, 5.41) is 8.41. The second-order valence-corrected chi connectivity index (χ2v) is 9.57. The smallest absolute Gasteiger partial charge is 0.251 e. The highest BCUT2D eigenvalue weighted by Crippen LogP contribution is 2.24. The van der Waals surface area contributed by atoms with Crippen LogP contribution in [0.25, 0.3) is 11.1 Å². The van der Waals surface area contributed by atoms with E-state index in [1.165, 1.54) is 0 Å². The zero-order valence-electron chi connectivity index (χ0n) is 22.1. The van der Waals surface area contributed by atoms with Crippen LogP contribution in [0.4, 0.5) is 0 Å². The molecule has 8 heteroatoms. The third-order valence-electron chi connectivity index (χ3n) is 5.84. The molecule has 0 fully saturated rings. The molecule has 0 saturated carbocycles. The standard InChI is InChI=1S/C30H36N4O4/c1-4-32-27(35)25-13-9-8-12-24(25)23-16-14-21(15-17-23)18-33-28(36)26(34-29(37)30(2,3)31)20-38-19-22-10-6-5-7-11-22/h5-17,26H,4,18-20,31H2,1-3H3,(H,32,35)(H,33,36)(H,34,37). The van der Waals surface area contributed by atoms with Crippen LogP contribution >= 0.6 is 0 Å². The summed E-state index contributed by atoms with van der Waals surface area (Å²) in [6.45, 7) is 6.15. The fourth-order valence-corrected chi connectivity index (χ4v) is 3.70. The number of benzene rings is 3. The van der Waals surface area contributed by atoms with Gasteiger partial charge in [0.15, 0.2) is 0 Å². The van der Waals surface area contributed by atoms with Crippen LogP contribution in [0.5, 0.6) is 0 Å². The molecule has 0 bridgehead atoms. The molecule has 0 aliphatic heterocycles. The van der Waals surface area contributed by atoms with Gasteiger partial charge in [-0.3, -0.25) is 14.4 Å². The number of nitrogens with two attached hydrogens (primary N) is 1. The molecule has 3 rings (SSSR count). The first-order chi connectivity index (χ1) is 18.2. The highest BCUT2D eigenvalue weighted by molar-refractivity contribution is 6.00. The summed E-state index contributed by atoms with van der Waals surface area (Å²) in [7, 11) is 0. The predicted molar refractivity (Wildman–Crippen MR) is 148 cm³/mol. The van der Waals surface area contributed by atoms with Crippen molar-refractivity contribution in [1.82, 2.24) is 16.0 Å². The van der Waals surface area contributed by atoms with E-state index in [9.17, 15) is 14.4 Å². The zero-order valence-corrected chi connectivity index (χ0v) is 22.1. The molecule has 3 amide bonds. The van der Waals surface area contributed by atoms with Crippen LogP contribution in [0.1, 0.15) is 42.3 Å². The molecule has 1 atom stereocenters. The third kappa shape index (κ3) is 8.26. The minimum absolute atomic E-state index is 0.00189. The first kappa shape index (κ1) is 28.6. The molecular weight excluding hydrogens is 480 g/mol. The van der Waals surface area contributed by atoms with Gasteiger partial charge in [0.05, 0.1) is 18.8 Å². The van der Waals surface area contributed by atoms with E-state index in [4.69, 9.17) is 10.5 Å². The molecule has 200 valence electrons. The molecule has 0 aliphatic carbocycles. The third-order valence-corrected chi connectivity index (χ3v) is 5.84. The van der Waals surface area contributed by atoms with Gasteiger partial charge in [0.1, 0.15) is 6.04 Å². The molecule has 3 aromatic carbocycles. The Hall–Kier alpha value is -4.01. The SMILES string of the molecule is CCNC(=O)c1ccccc1-c1ccc(CNC(=O)C(COCc2ccccc2)NC(=O)C(C)(C)N)cc1. The van der Waals surface area contributed by atoms with E-state index in [2.05, 4.69) is 16.0 Å². The maximum atomic E-state index is 13.0. The van der Waals surface area contributed by atoms with Crippen LogP contribution in [-0.2, 0) is 27.5 Å². The van der Waals surface area contributed by atoms with Crippen molar-refractivity contribution in [1.29, 1.82) is 0 Å². The van der Waals surface area contributed by atoms with E-state index in [0.717, 1.165) is 22.3 Å². The Morgan fingerprint density at radius 1 is 0.868 bits per heavy atom. The van der Waals surface area contributed by atoms with Gasteiger partial charge in [0.2, 0.25) is 11.8 Å². The number of amides is 3. The van der Waals surface area contributed by atoms with Crippen molar-refractivity contribution in [2.45, 2.75) is 45.5 Å². The van der Waals surface area contributed by atoms with Gasteiger partial charge < -0.3 is 26.4 Å². The van der Waals surface area contributed by atoms with Crippen molar-refractivity contribution < 1.29 is 19.1 Å². The lowest BCUT2D eigenvalue weighted by molar-refractivity contribution is -0.132. The van der Waals surface area contributed by atoms with Gasteiger partial charge in [0.25, 0.3) is 5.91 Å². The topological polar surface area (TPSA) is 123 Å². The van der Waals surface area contributed by atoms with Gasteiger partial charge in [-0.15, -0.1) is 0 Å². The lowest BCUT2D eigenvalue weighted by Crippen LogP contribution is -2.57. The highest BCUT2D eigenvalue weighted by atomic mass is 16.5. The van der Waals surface area contributed by atoms with Crippen LogP contribution in [-0.4, -0.2) is 42.5 Å². The van der Waals surface area contributed by atoms with Gasteiger partial charge in [0, 0.05) is 18.7 Å². The Kier molecular flexibility index (Phi) is 10.2. The lowest BCUT2D eigenvalue weighted by Gasteiger charge is -2.24. The number of carbonyl (C=O) groups excluding carboxylic acids is 3. The largest absolute Gasteiger partial charge is 0.374 e. The summed E-state index contributed by atoms with van der Waals surface area (Å²) in [5.74, 6) is -0.944. The second kappa shape index (κ2) is 13.5. The molecule has 3 aromatic rings. The maximum absolute atomic E-state index is 13.0. The summed E-state index contributed by atoms with van der Waals surface area (Å²) in [5.41, 5.74) is 8.93. The van der Waals surface area contributed by atoms with Gasteiger partial charge in [-0.1, -0.05) is 72.8 Å². The molecule has 0 heterocycles. The van der Waals surface area contributed by atoms with Crippen molar-refractivity contribution in [2.24, 2.45) is 5.73 Å². The molecule has 0 saturated heterocycles. The van der Waals surface area contributed by atoms with E-state index in [0.29, 0.717) is 18.7 Å². The van der Waals surface area contributed by atoms with Gasteiger partial charge in [-0.25, -0.2) is 0 Å². The first-order valence-electron chi connectivity index (χ1n) is 12.6. The normalized spacial score (nSPS) is 11.9. The van der Waals surface area contributed by atoms with Crippen molar-refractivity contribution in [3.63, 3.8) is 0 Å². The van der Waals surface area contributed by atoms with Crippen molar-refractivity contribution in [2.75, 3.05) is 13.2 Å². The first-order valence-corrected chi connectivity index (χ1v) is 12.6. The summed E-state index contributed by atoms with van der Waals surface area (Å²) in [6, 6.07) is 23.7. The number of hydrogen-bond acceptors (Lipinski definition) is 5. The maximum Gasteiger partial charge on any atom is 0.251 e. The van der Waals surface area contributed by atoms with Crippen LogP contribution in [0.15, 0.2) is 78.9 Å². The van der Waals surface area contributed by atoms with E-state index in [-0.39, 0.29) is 25.0 Å². The Morgan fingerprint density at radius 2 is 1.53 bits per heavy atom. The number of carbonyl (C=O) groups is 3. The molecular formula is C30H36N4O4. The molecule has 5 N–H and O–H groups in total. The average Bonchev–Trinajstić information content (AvgIpc) is 2.91. The van der Waals surface area contributed by atoms with Crippen LogP contribution in [0, 0.1) is 0 Å². The molecule has 8 nitrogen and oxygen atoms in total. The molecule has 0 spiro atoms. The average molecular weight is 517 g/mol. The number of ether oxygens (including phenoxy) is 1. The quantitative estimate of drug-likeness (QED) is 0.295. The van der Waals surface area contributed by atoms with Crippen LogP contribution in [0.3, 0.4) is 0 Å². The molecule has 1 unspecified atom stereocenters. The zero-order chi connectivity index (χ0) is 27.5. The Bertz CT molecular complexity index is 1220. The fourth-order valence-electron chi connectivity index (χ4n) is 3.70. The monoisotopic (exact) mass is 516 g/mol. The lowest BCUT2D eigenvalue weighted by atomic mass is 9.98. The summed E-state index contributed by atoms with van der Waals surface area (Å²) < 4.78 is 5.73. The van der Waals surface area contributed by atoms with E-state index >= 15 is 0 Å². The van der Waals surface area contributed by atoms with Crippen molar-refractivity contribution in [3.8, 4) is 11.1 Å². The minimum Gasteiger partial charge on any atom is -0.374 e. The molecule has 0 aromatic heterocycles. The van der Waals surface area contributed by atoms with Crippen LogP contribution in [0.2, 0.25) is 0 Å². The molecule has 0 radical (unpaired) electrons. The Morgan fingerprint density at radius 3 is 2.18 bits per heavy atom. The molecule has 0 aliphatic rings. The van der Waals surface area contributed by atoms with Gasteiger partial charge in [-0.05, 0) is 49.1 Å². The minimum atomic E-state index is -1.14. The Balaban J connectivity index is 1.64. The number of hydrogen-bond donors (Lipinski definition) is 4. The second-order valence-electron chi connectivity index (χ2n) is 9.57. The summed E-state index contributed by atoms with van der Waals surface area (Å²) in [4.78, 5) is 37.9. The predicted octanol–water partition coefficient (Wildman–Crippen LogP) is 3.16. The van der Waals surface area contributed by atoms with E-state index in [1.54, 1.807) is 19.9 Å². The van der Waals surface area contributed by atoms with Gasteiger partial charge in [-0.2, -0.15) is 0 Å². The number of nitrogens with one attached hydrogen (secondary N) is 3. The summed E-state index contributed by atoms with van der Waals surface area (Å²) in [6.07, 6.45) is 0. The highest BCUT2D eigenvalue weighted by Gasteiger charge is 2.28. The van der Waals surface area contributed by atoms with E-state index < -0.39 is 17.5 Å². The fraction of sp³-hybridized carbons (Fsp3) is 0.300. The molecule has 38 heavy (non-hydrogen) atoms. The van der Waals surface area contributed by atoms with E-state index in [1.807, 2.05) is 79.7 Å². The summed E-state index contributed by atoms with van der Waals surface area (Å²) >= 11 is 0. The van der Waals surface area contributed by atoms with Crippen molar-refractivity contribution >= 4 is 17.7 Å². The van der Waals surface area contributed by atoms with Crippen LogP contribution < -0.4 is 21.7 Å². The Labute approximate surface area is 224 Å². The van der Waals surface area contributed by atoms with Crippen molar-refractivity contribution in [3.05, 3.63) is 95.6 Å². The van der Waals surface area contributed by atoms with Gasteiger partial charge >= 0.3 is 0 Å². The number of rotatable bonds is 12.